The van der Waals surface area contributed by atoms with Crippen LogP contribution in [0.25, 0.3) is 0 Å². The molecule has 4 nitrogen and oxygen atoms in total. The maximum atomic E-state index is 10.9. The molecule has 1 aromatic carbocycles. The molecule has 0 bridgehead atoms. The van der Waals surface area contributed by atoms with Crippen LogP contribution < -0.4 is 0 Å². The molecule has 19 heavy (non-hydrogen) atoms. The van der Waals surface area contributed by atoms with Crippen molar-refractivity contribution in [2.24, 2.45) is 5.92 Å². The fraction of sp³-hybridized carbons (Fsp3) is 0.429. The Labute approximate surface area is 117 Å². The smallest absolute Gasteiger partial charge is 0.306 e. The van der Waals surface area contributed by atoms with E-state index in [0.29, 0.717) is 31.0 Å². The number of carbonyl (C=O) groups is 1. The zero-order valence-corrected chi connectivity index (χ0v) is 11.2. The number of halogens is 1. The molecular formula is C14H15ClN2O2. The van der Waals surface area contributed by atoms with Crippen molar-refractivity contribution in [2.45, 2.75) is 18.9 Å². The van der Waals surface area contributed by atoms with Crippen molar-refractivity contribution in [3.8, 4) is 6.07 Å². The van der Waals surface area contributed by atoms with Gasteiger partial charge < -0.3 is 5.11 Å². The van der Waals surface area contributed by atoms with E-state index in [2.05, 4.69) is 6.07 Å². The van der Waals surface area contributed by atoms with Gasteiger partial charge in [0.2, 0.25) is 0 Å². The highest BCUT2D eigenvalue weighted by molar-refractivity contribution is 6.30. The van der Waals surface area contributed by atoms with Crippen LogP contribution in [0.5, 0.6) is 0 Å². The molecule has 1 aliphatic rings. The lowest BCUT2D eigenvalue weighted by Crippen LogP contribution is -2.38. The summed E-state index contributed by atoms with van der Waals surface area (Å²) < 4.78 is 0. The number of hydrogen-bond acceptors (Lipinski definition) is 3. The molecular weight excluding hydrogens is 264 g/mol. The van der Waals surface area contributed by atoms with E-state index in [4.69, 9.17) is 16.7 Å². The molecule has 0 spiro atoms. The van der Waals surface area contributed by atoms with Crippen LogP contribution >= 0.6 is 11.6 Å². The maximum Gasteiger partial charge on any atom is 0.306 e. The van der Waals surface area contributed by atoms with Crippen LogP contribution in [0.1, 0.15) is 24.4 Å². The number of nitrogens with zero attached hydrogens (tertiary/aromatic N) is 2. The van der Waals surface area contributed by atoms with Crippen LogP contribution in [-0.4, -0.2) is 29.1 Å². The average Bonchev–Trinajstić information content (AvgIpc) is 2.40. The molecule has 0 aliphatic carbocycles. The van der Waals surface area contributed by atoms with Gasteiger partial charge in [0, 0.05) is 18.1 Å². The Morgan fingerprint density at radius 2 is 2.16 bits per heavy atom. The van der Waals surface area contributed by atoms with Gasteiger partial charge in [-0.1, -0.05) is 23.7 Å². The SMILES string of the molecule is N#CC(c1cccc(Cl)c1)N1CCC(C(=O)O)CC1. The summed E-state index contributed by atoms with van der Waals surface area (Å²) in [7, 11) is 0. The number of benzene rings is 1. The highest BCUT2D eigenvalue weighted by atomic mass is 35.5. The number of hydrogen-bond donors (Lipinski definition) is 1. The van der Waals surface area contributed by atoms with E-state index < -0.39 is 5.97 Å². The molecule has 1 fully saturated rings. The van der Waals surface area contributed by atoms with Crippen LogP contribution in [0.15, 0.2) is 24.3 Å². The van der Waals surface area contributed by atoms with E-state index in [-0.39, 0.29) is 12.0 Å². The molecule has 0 amide bonds. The van der Waals surface area contributed by atoms with Crippen molar-refractivity contribution in [3.05, 3.63) is 34.9 Å². The normalized spacial score (nSPS) is 18.7. The fourth-order valence-corrected chi connectivity index (χ4v) is 2.65. The number of nitriles is 1. The monoisotopic (exact) mass is 278 g/mol. The van der Waals surface area contributed by atoms with Gasteiger partial charge in [0.25, 0.3) is 0 Å². The maximum absolute atomic E-state index is 10.9. The molecule has 100 valence electrons. The first kappa shape index (κ1) is 13.9. The Bertz CT molecular complexity index is 504. The topological polar surface area (TPSA) is 64.3 Å². The number of carboxylic acids is 1. The van der Waals surface area contributed by atoms with Crippen molar-refractivity contribution >= 4 is 17.6 Å². The van der Waals surface area contributed by atoms with Gasteiger partial charge >= 0.3 is 5.97 Å². The first-order valence-corrected chi connectivity index (χ1v) is 6.61. The van der Waals surface area contributed by atoms with Gasteiger partial charge in [-0.05, 0) is 30.5 Å². The summed E-state index contributed by atoms with van der Waals surface area (Å²) in [6.45, 7) is 1.25. The van der Waals surface area contributed by atoms with Gasteiger partial charge in [-0.3, -0.25) is 9.69 Å². The number of aliphatic carboxylic acids is 1. The fourth-order valence-electron chi connectivity index (χ4n) is 2.45. The number of rotatable bonds is 3. The minimum atomic E-state index is -0.740. The molecule has 0 aromatic heterocycles. The van der Waals surface area contributed by atoms with Gasteiger partial charge in [0.05, 0.1) is 12.0 Å². The van der Waals surface area contributed by atoms with Gasteiger partial charge in [0.15, 0.2) is 0 Å². The molecule has 1 heterocycles. The number of carboxylic acid groups (broad SMARTS) is 1. The van der Waals surface area contributed by atoms with Crippen molar-refractivity contribution < 1.29 is 9.90 Å². The largest absolute Gasteiger partial charge is 0.481 e. The second-order valence-electron chi connectivity index (χ2n) is 4.74. The van der Waals surface area contributed by atoms with Crippen molar-refractivity contribution in [2.75, 3.05) is 13.1 Å². The third-order valence-electron chi connectivity index (χ3n) is 3.53. The molecule has 5 heteroatoms. The molecule has 0 radical (unpaired) electrons. The van der Waals surface area contributed by atoms with Crippen LogP contribution in [0.3, 0.4) is 0 Å². The van der Waals surface area contributed by atoms with Gasteiger partial charge in [-0.15, -0.1) is 0 Å². The first-order valence-electron chi connectivity index (χ1n) is 6.23. The summed E-state index contributed by atoms with van der Waals surface area (Å²) in [5.74, 6) is -1.02. The third kappa shape index (κ3) is 3.25. The number of piperidine rings is 1. The van der Waals surface area contributed by atoms with E-state index in [1.807, 2.05) is 17.0 Å². The van der Waals surface area contributed by atoms with E-state index in [1.165, 1.54) is 0 Å². The Morgan fingerprint density at radius 1 is 1.47 bits per heavy atom. The predicted octanol–water partition coefficient (Wildman–Crippen LogP) is 2.70. The number of likely N-dealkylation sites (tertiary alicyclic amines) is 1. The van der Waals surface area contributed by atoms with E-state index in [1.54, 1.807) is 12.1 Å². The minimum absolute atomic E-state index is 0.282. The molecule has 1 atom stereocenters. The van der Waals surface area contributed by atoms with Crippen molar-refractivity contribution in [3.63, 3.8) is 0 Å². The van der Waals surface area contributed by atoms with E-state index in [0.717, 1.165) is 5.56 Å². The quantitative estimate of drug-likeness (QED) is 0.923. The molecule has 1 N–H and O–H groups in total. The minimum Gasteiger partial charge on any atom is -0.481 e. The van der Waals surface area contributed by atoms with Gasteiger partial charge in [-0.2, -0.15) is 5.26 Å². The molecule has 1 unspecified atom stereocenters. The van der Waals surface area contributed by atoms with Crippen LogP contribution in [0.4, 0.5) is 0 Å². The third-order valence-corrected chi connectivity index (χ3v) is 3.77. The summed E-state index contributed by atoms with van der Waals surface area (Å²) in [4.78, 5) is 12.9. The summed E-state index contributed by atoms with van der Waals surface area (Å²) in [5, 5.41) is 18.9. The highest BCUT2D eigenvalue weighted by Gasteiger charge is 2.29. The second kappa shape index (κ2) is 6.05. The molecule has 1 saturated heterocycles. The van der Waals surface area contributed by atoms with Crippen molar-refractivity contribution in [1.29, 1.82) is 5.26 Å². The summed E-state index contributed by atoms with van der Waals surface area (Å²) in [6, 6.07) is 9.19. The zero-order chi connectivity index (χ0) is 13.8. The van der Waals surface area contributed by atoms with Gasteiger partial charge in [-0.25, -0.2) is 0 Å². The lowest BCUT2D eigenvalue weighted by atomic mass is 9.95. The van der Waals surface area contributed by atoms with Crippen LogP contribution in [0, 0.1) is 17.2 Å². The standard InChI is InChI=1S/C14H15ClN2O2/c15-12-3-1-2-11(8-12)13(9-16)17-6-4-10(5-7-17)14(18)19/h1-3,8,10,13H,4-7H2,(H,18,19). The van der Waals surface area contributed by atoms with Crippen molar-refractivity contribution in [1.82, 2.24) is 4.90 Å². The zero-order valence-electron chi connectivity index (χ0n) is 10.4. The summed E-state index contributed by atoms with van der Waals surface area (Å²) >= 11 is 5.94. The summed E-state index contributed by atoms with van der Waals surface area (Å²) in [6.07, 6.45) is 1.18. The summed E-state index contributed by atoms with van der Waals surface area (Å²) in [5.41, 5.74) is 0.865. The lowest BCUT2D eigenvalue weighted by Gasteiger charge is -2.33. The first-order chi connectivity index (χ1) is 9.11. The highest BCUT2D eigenvalue weighted by Crippen LogP contribution is 2.27. The molecule has 1 aliphatic heterocycles. The Hall–Kier alpha value is -1.57. The molecule has 0 saturated carbocycles. The predicted molar refractivity (Wildman–Crippen MR) is 71.7 cm³/mol. The Morgan fingerprint density at radius 3 is 2.68 bits per heavy atom. The second-order valence-corrected chi connectivity index (χ2v) is 5.17. The molecule has 2 rings (SSSR count). The van der Waals surface area contributed by atoms with E-state index >= 15 is 0 Å². The van der Waals surface area contributed by atoms with Crippen LogP contribution in [0.2, 0.25) is 5.02 Å². The van der Waals surface area contributed by atoms with E-state index in [9.17, 15) is 10.1 Å². The average molecular weight is 279 g/mol. The molecule has 1 aromatic rings. The lowest BCUT2D eigenvalue weighted by molar-refractivity contribution is -0.143. The Balaban J connectivity index is 2.08. The van der Waals surface area contributed by atoms with Crippen LogP contribution in [-0.2, 0) is 4.79 Å². The Kier molecular flexibility index (Phi) is 4.41. The van der Waals surface area contributed by atoms with Gasteiger partial charge in [0.1, 0.15) is 6.04 Å².